The van der Waals surface area contributed by atoms with Crippen molar-refractivity contribution in [1.82, 2.24) is 15.0 Å². The maximum atomic E-state index is 9.09. The van der Waals surface area contributed by atoms with Crippen molar-refractivity contribution in [2.75, 3.05) is 0 Å². The summed E-state index contributed by atoms with van der Waals surface area (Å²) in [5, 5.41) is 6.03. The lowest BCUT2D eigenvalue weighted by Gasteiger charge is -2.13. The number of rotatable bonds is 4. The summed E-state index contributed by atoms with van der Waals surface area (Å²) >= 11 is 0. The lowest BCUT2D eigenvalue weighted by atomic mass is 9.98. The van der Waals surface area contributed by atoms with Crippen molar-refractivity contribution >= 4 is 43.5 Å². The number of aromatic nitrogens is 3. The molecule has 0 aliphatic rings. The first-order valence-corrected chi connectivity index (χ1v) is 14.9. The Morgan fingerprint density at radius 3 is 2.02 bits per heavy atom. The van der Waals surface area contributed by atoms with Crippen molar-refractivity contribution in [1.29, 1.82) is 0 Å². The number of para-hydroxylation sites is 1. The molecule has 0 atom stereocenters. The summed E-state index contributed by atoms with van der Waals surface area (Å²) in [5.74, 6) is 1.39. The van der Waals surface area contributed by atoms with Crippen LogP contribution in [0.5, 0.6) is 0 Å². The molecule has 0 fully saturated rings. The molecule has 7 aromatic carbocycles. The van der Waals surface area contributed by atoms with Crippen LogP contribution in [-0.4, -0.2) is 15.0 Å². The van der Waals surface area contributed by atoms with Crippen molar-refractivity contribution in [2.24, 2.45) is 0 Å². The van der Waals surface area contributed by atoms with Gasteiger partial charge in [0, 0.05) is 27.5 Å². The Kier molecular flexibility index (Phi) is 5.32. The van der Waals surface area contributed by atoms with Crippen LogP contribution in [0.2, 0.25) is 0 Å². The standard InChI is InChI=1S/C41H25N3O/c1-2-11-26(12-3-1)30-14-6-7-16-32(30)40-42-39(29-24-23-28-22-21-27-13-4-5-15-31(27)35(28)25-29)43-41(44-40)34-18-10-20-37-38(34)33-17-8-9-19-36(33)45-37/h1-25H/i8D,18D. The molecule has 0 radical (unpaired) electrons. The van der Waals surface area contributed by atoms with Gasteiger partial charge < -0.3 is 4.42 Å². The van der Waals surface area contributed by atoms with E-state index in [-0.39, 0.29) is 6.04 Å². The van der Waals surface area contributed by atoms with Crippen LogP contribution in [-0.2, 0) is 0 Å². The van der Waals surface area contributed by atoms with E-state index < -0.39 is 0 Å². The number of hydrogen-bond donors (Lipinski definition) is 0. The molecule has 2 aromatic heterocycles. The van der Waals surface area contributed by atoms with Crippen LogP contribution >= 0.6 is 0 Å². The Morgan fingerprint density at radius 1 is 0.444 bits per heavy atom. The number of fused-ring (bicyclic) bond motifs is 6. The van der Waals surface area contributed by atoms with Crippen LogP contribution in [0.3, 0.4) is 0 Å². The van der Waals surface area contributed by atoms with E-state index in [4.69, 9.17) is 22.1 Å². The smallest absolute Gasteiger partial charge is 0.164 e. The Labute approximate surface area is 262 Å². The summed E-state index contributed by atoms with van der Waals surface area (Å²) < 4.78 is 23.6. The molecule has 4 nitrogen and oxygen atoms in total. The van der Waals surface area contributed by atoms with Crippen molar-refractivity contribution in [2.45, 2.75) is 0 Å². The monoisotopic (exact) mass is 577 g/mol. The van der Waals surface area contributed by atoms with Gasteiger partial charge in [-0.2, -0.15) is 0 Å². The molecule has 0 saturated heterocycles. The van der Waals surface area contributed by atoms with Crippen LogP contribution in [0, 0.1) is 0 Å². The lowest BCUT2D eigenvalue weighted by Crippen LogP contribution is -2.01. The van der Waals surface area contributed by atoms with E-state index in [0.717, 1.165) is 49.2 Å². The highest BCUT2D eigenvalue weighted by Crippen LogP contribution is 2.38. The minimum atomic E-state index is 0.263. The van der Waals surface area contributed by atoms with E-state index >= 15 is 0 Å². The minimum Gasteiger partial charge on any atom is -0.456 e. The first kappa shape index (κ1) is 23.3. The number of furan rings is 1. The van der Waals surface area contributed by atoms with Gasteiger partial charge in [-0.15, -0.1) is 0 Å². The second kappa shape index (κ2) is 10.2. The van der Waals surface area contributed by atoms with Gasteiger partial charge >= 0.3 is 0 Å². The quantitative estimate of drug-likeness (QED) is 0.195. The molecule has 0 bridgehead atoms. The van der Waals surface area contributed by atoms with E-state index in [0.29, 0.717) is 45.6 Å². The molecule has 0 amide bonds. The molecule has 45 heavy (non-hydrogen) atoms. The van der Waals surface area contributed by atoms with Gasteiger partial charge in [0.05, 0.1) is 2.74 Å². The van der Waals surface area contributed by atoms with Crippen LogP contribution in [0.4, 0.5) is 0 Å². The van der Waals surface area contributed by atoms with Gasteiger partial charge in [0.1, 0.15) is 11.2 Å². The first-order chi connectivity index (χ1) is 23.1. The highest BCUT2D eigenvalue weighted by atomic mass is 16.3. The van der Waals surface area contributed by atoms with E-state index in [9.17, 15) is 0 Å². The average molecular weight is 578 g/mol. The summed E-state index contributed by atoms with van der Waals surface area (Å²) in [4.78, 5) is 15.3. The Hall–Kier alpha value is -6.13. The van der Waals surface area contributed by atoms with Gasteiger partial charge in [-0.3, -0.25) is 0 Å². The van der Waals surface area contributed by atoms with Gasteiger partial charge in [0.15, 0.2) is 17.5 Å². The van der Waals surface area contributed by atoms with E-state index in [2.05, 4.69) is 66.7 Å². The second-order valence-electron chi connectivity index (χ2n) is 11.1. The zero-order valence-electron chi connectivity index (χ0n) is 26.0. The van der Waals surface area contributed by atoms with E-state index in [1.54, 1.807) is 30.3 Å². The molecule has 9 rings (SSSR count). The molecule has 9 aromatic rings. The zero-order valence-corrected chi connectivity index (χ0v) is 24.0. The maximum absolute atomic E-state index is 9.09. The fraction of sp³-hybridized carbons (Fsp3) is 0. The second-order valence-corrected chi connectivity index (χ2v) is 11.1. The molecule has 0 aliphatic carbocycles. The van der Waals surface area contributed by atoms with Crippen LogP contribution in [0.25, 0.3) is 88.8 Å². The summed E-state index contributed by atoms with van der Waals surface area (Å²) in [5.41, 5.74) is 5.56. The summed E-state index contributed by atoms with van der Waals surface area (Å²) in [7, 11) is 0. The van der Waals surface area contributed by atoms with Crippen molar-refractivity contribution in [3.63, 3.8) is 0 Å². The van der Waals surface area contributed by atoms with E-state index in [1.807, 2.05) is 42.5 Å². The summed E-state index contributed by atoms with van der Waals surface area (Å²) in [6.07, 6.45) is 0. The summed E-state index contributed by atoms with van der Waals surface area (Å²) in [6, 6.07) is 46.7. The molecular weight excluding hydrogens is 550 g/mol. The van der Waals surface area contributed by atoms with Crippen molar-refractivity contribution in [3.8, 4) is 45.3 Å². The normalized spacial score (nSPS) is 12.2. The third kappa shape index (κ3) is 4.27. The predicted molar refractivity (Wildman–Crippen MR) is 184 cm³/mol. The molecule has 0 saturated carbocycles. The number of hydrogen-bond acceptors (Lipinski definition) is 4. The van der Waals surface area contributed by atoms with Crippen LogP contribution in [0.1, 0.15) is 2.74 Å². The fourth-order valence-corrected chi connectivity index (χ4v) is 6.25. The third-order valence-corrected chi connectivity index (χ3v) is 8.39. The van der Waals surface area contributed by atoms with Gasteiger partial charge in [0.25, 0.3) is 0 Å². The zero-order chi connectivity index (χ0) is 31.5. The largest absolute Gasteiger partial charge is 0.456 e. The van der Waals surface area contributed by atoms with Gasteiger partial charge in [0.2, 0.25) is 0 Å². The first-order valence-electron chi connectivity index (χ1n) is 15.9. The Balaban J connectivity index is 1.35. The summed E-state index contributed by atoms with van der Waals surface area (Å²) in [6.45, 7) is 0. The molecule has 0 spiro atoms. The number of nitrogens with zero attached hydrogens (tertiary/aromatic N) is 3. The lowest BCUT2D eigenvalue weighted by molar-refractivity contribution is 0.669. The topological polar surface area (TPSA) is 51.8 Å². The molecular formula is C41H25N3O. The highest BCUT2D eigenvalue weighted by molar-refractivity contribution is 6.12. The van der Waals surface area contributed by atoms with Crippen LogP contribution in [0.15, 0.2) is 156 Å². The molecule has 2 heterocycles. The van der Waals surface area contributed by atoms with Crippen molar-refractivity contribution < 1.29 is 7.16 Å². The van der Waals surface area contributed by atoms with Gasteiger partial charge in [-0.25, -0.2) is 15.0 Å². The Bertz CT molecular complexity index is 2670. The highest BCUT2D eigenvalue weighted by Gasteiger charge is 2.19. The SMILES string of the molecule is [2H]c1ccc2oc3ccc([2H])c(-c4nc(-c5ccc6ccc7ccccc7c6c5)nc(-c5ccccc5-c5ccccc5)n4)c3c2c1. The average Bonchev–Trinajstić information content (AvgIpc) is 3.49. The van der Waals surface area contributed by atoms with E-state index in [1.165, 1.54) is 0 Å². The Morgan fingerprint density at radius 2 is 1.13 bits per heavy atom. The molecule has 0 N–H and O–H groups in total. The molecule has 0 aliphatic heterocycles. The minimum absolute atomic E-state index is 0.263. The molecule has 210 valence electrons. The van der Waals surface area contributed by atoms with Gasteiger partial charge in [-0.05, 0) is 50.9 Å². The van der Waals surface area contributed by atoms with Crippen molar-refractivity contribution in [3.05, 3.63) is 152 Å². The van der Waals surface area contributed by atoms with Gasteiger partial charge in [-0.1, -0.05) is 133 Å². The third-order valence-electron chi connectivity index (χ3n) is 8.39. The molecule has 4 heteroatoms. The molecule has 0 unspecified atom stereocenters. The predicted octanol–water partition coefficient (Wildman–Crippen LogP) is 10.7. The maximum Gasteiger partial charge on any atom is 0.164 e. The fourth-order valence-electron chi connectivity index (χ4n) is 6.25. The number of benzene rings is 7. The van der Waals surface area contributed by atoms with Crippen LogP contribution < -0.4 is 0 Å².